The van der Waals surface area contributed by atoms with E-state index in [9.17, 15) is 0 Å². The first kappa shape index (κ1) is 23.4. The molecule has 0 spiro atoms. The summed E-state index contributed by atoms with van der Waals surface area (Å²) in [4.78, 5) is 6.86. The lowest BCUT2D eigenvalue weighted by Gasteiger charge is -2.28. The van der Waals surface area contributed by atoms with Gasteiger partial charge in [-0.25, -0.2) is 0 Å². The highest BCUT2D eigenvalue weighted by Gasteiger charge is 2.42. The molecule has 2 aromatic heterocycles. The van der Waals surface area contributed by atoms with Crippen LogP contribution < -0.4 is 15.0 Å². The summed E-state index contributed by atoms with van der Waals surface area (Å²) in [6.45, 7) is 6.85. The molecule has 7 heteroatoms. The van der Waals surface area contributed by atoms with Crippen molar-refractivity contribution in [3.8, 4) is 11.4 Å². The van der Waals surface area contributed by atoms with Crippen LogP contribution in [0, 0.1) is 13.8 Å². The third-order valence-corrected chi connectivity index (χ3v) is 7.04. The van der Waals surface area contributed by atoms with Crippen LogP contribution in [0.2, 0.25) is 5.02 Å². The molecular weight excluding hydrogens is 476 g/mol. The first-order chi connectivity index (χ1) is 17.0. The van der Waals surface area contributed by atoms with E-state index in [1.54, 1.807) is 0 Å². The van der Waals surface area contributed by atoms with E-state index in [1.807, 2.05) is 67.7 Å². The van der Waals surface area contributed by atoms with Gasteiger partial charge in [0.05, 0.1) is 35.1 Å². The molecule has 1 aliphatic heterocycles. The quantitative estimate of drug-likeness (QED) is 0.296. The molecule has 0 saturated carbocycles. The van der Waals surface area contributed by atoms with Crippen molar-refractivity contribution in [1.82, 2.24) is 14.9 Å². The van der Waals surface area contributed by atoms with Crippen LogP contribution in [0.4, 0.5) is 5.69 Å². The van der Waals surface area contributed by atoms with Crippen molar-refractivity contribution >= 4 is 34.6 Å². The highest BCUT2D eigenvalue weighted by Crippen LogP contribution is 2.44. The van der Waals surface area contributed by atoms with Gasteiger partial charge in [0, 0.05) is 23.3 Å². The second-order valence-electron chi connectivity index (χ2n) is 8.54. The Morgan fingerprint density at radius 1 is 1.03 bits per heavy atom. The summed E-state index contributed by atoms with van der Waals surface area (Å²) in [7, 11) is 0. The zero-order chi connectivity index (χ0) is 24.5. The molecule has 1 saturated heterocycles. The third kappa shape index (κ3) is 4.28. The number of anilines is 1. The molecule has 35 heavy (non-hydrogen) atoms. The first-order valence-electron chi connectivity index (χ1n) is 11.7. The summed E-state index contributed by atoms with van der Waals surface area (Å²) < 4.78 is 7.87. The Balaban J connectivity index is 1.65. The maximum atomic E-state index is 6.60. The van der Waals surface area contributed by atoms with Gasteiger partial charge in [-0.2, -0.15) is 0 Å². The molecule has 1 N–H and O–H groups in total. The third-order valence-electron chi connectivity index (χ3n) is 6.41. The fourth-order valence-corrected chi connectivity index (χ4v) is 5.48. The summed E-state index contributed by atoms with van der Waals surface area (Å²) in [5, 5.41) is 4.92. The van der Waals surface area contributed by atoms with Crippen LogP contribution in [0.1, 0.15) is 41.7 Å². The van der Waals surface area contributed by atoms with Gasteiger partial charge in [-0.05, 0) is 93.1 Å². The molecule has 1 aliphatic rings. The van der Waals surface area contributed by atoms with E-state index >= 15 is 0 Å². The summed E-state index contributed by atoms with van der Waals surface area (Å²) in [6.07, 6.45) is 1.82. The number of hydrogen-bond acceptors (Lipinski definition) is 3. The lowest BCUT2D eigenvalue weighted by molar-refractivity contribution is 0.340. The van der Waals surface area contributed by atoms with Crippen molar-refractivity contribution in [2.45, 2.75) is 32.9 Å². The number of ether oxygens (including phenoxy) is 1. The van der Waals surface area contributed by atoms with Crippen LogP contribution >= 0.6 is 23.8 Å². The fraction of sp³-hybridized carbons (Fsp3) is 0.214. The van der Waals surface area contributed by atoms with Gasteiger partial charge in [0.25, 0.3) is 0 Å². The lowest BCUT2D eigenvalue weighted by Crippen LogP contribution is -2.29. The average Bonchev–Trinajstić information content (AvgIpc) is 3.36. The van der Waals surface area contributed by atoms with Gasteiger partial charge in [-0.1, -0.05) is 29.8 Å². The van der Waals surface area contributed by atoms with Crippen LogP contribution in [-0.2, 0) is 0 Å². The highest BCUT2D eigenvalue weighted by molar-refractivity contribution is 7.80. The van der Waals surface area contributed by atoms with E-state index in [-0.39, 0.29) is 12.1 Å². The number of aromatic nitrogens is 2. The minimum Gasteiger partial charge on any atom is -0.494 e. The number of rotatable bonds is 6. The first-order valence-corrected chi connectivity index (χ1v) is 12.5. The van der Waals surface area contributed by atoms with Crippen LogP contribution in [0.3, 0.4) is 0 Å². The Hall–Kier alpha value is -3.35. The molecule has 0 radical (unpaired) electrons. The van der Waals surface area contributed by atoms with Crippen molar-refractivity contribution in [2.75, 3.05) is 11.5 Å². The van der Waals surface area contributed by atoms with Crippen LogP contribution in [0.5, 0.6) is 5.75 Å². The van der Waals surface area contributed by atoms with Crippen LogP contribution in [0.15, 0.2) is 79.0 Å². The van der Waals surface area contributed by atoms with Crippen molar-refractivity contribution < 1.29 is 4.74 Å². The van der Waals surface area contributed by atoms with Crippen LogP contribution in [0.25, 0.3) is 5.69 Å². The zero-order valence-electron chi connectivity index (χ0n) is 19.9. The number of pyridine rings is 1. The van der Waals surface area contributed by atoms with Gasteiger partial charge in [0.1, 0.15) is 5.75 Å². The molecule has 4 aromatic rings. The van der Waals surface area contributed by atoms with Gasteiger partial charge < -0.3 is 19.5 Å². The second-order valence-corrected chi connectivity index (χ2v) is 9.33. The van der Waals surface area contributed by atoms with Crippen LogP contribution in [-0.4, -0.2) is 21.3 Å². The number of thiocarbonyl (C=S) groups is 1. The summed E-state index contributed by atoms with van der Waals surface area (Å²) in [6, 6.07) is 24.0. The maximum absolute atomic E-state index is 6.60. The minimum atomic E-state index is -0.115. The van der Waals surface area contributed by atoms with E-state index in [4.69, 9.17) is 28.6 Å². The Labute approximate surface area is 216 Å². The predicted octanol–water partition coefficient (Wildman–Crippen LogP) is 6.72. The van der Waals surface area contributed by atoms with E-state index in [2.05, 4.69) is 51.8 Å². The van der Waals surface area contributed by atoms with Gasteiger partial charge in [-0.3, -0.25) is 4.98 Å². The molecule has 3 heterocycles. The molecule has 2 aromatic carbocycles. The van der Waals surface area contributed by atoms with Gasteiger partial charge in [0.15, 0.2) is 5.11 Å². The number of para-hydroxylation sites is 1. The largest absolute Gasteiger partial charge is 0.494 e. The van der Waals surface area contributed by atoms with Crippen molar-refractivity contribution in [3.63, 3.8) is 0 Å². The molecule has 5 rings (SSSR count). The molecule has 0 aliphatic carbocycles. The van der Waals surface area contributed by atoms with E-state index in [0.29, 0.717) is 16.7 Å². The lowest BCUT2D eigenvalue weighted by atomic mass is 9.96. The van der Waals surface area contributed by atoms with Gasteiger partial charge >= 0.3 is 0 Å². The second kappa shape index (κ2) is 9.72. The number of nitrogens with one attached hydrogen (secondary N) is 1. The maximum Gasteiger partial charge on any atom is 0.174 e. The molecule has 0 bridgehead atoms. The van der Waals surface area contributed by atoms with Crippen molar-refractivity contribution in [2.24, 2.45) is 0 Å². The summed E-state index contributed by atoms with van der Waals surface area (Å²) in [5.74, 6) is 0.837. The highest BCUT2D eigenvalue weighted by atomic mass is 35.5. The van der Waals surface area contributed by atoms with E-state index in [0.717, 1.165) is 34.2 Å². The number of nitrogens with zero attached hydrogens (tertiary/aromatic N) is 3. The minimum absolute atomic E-state index is 0.0993. The normalized spacial score (nSPS) is 17.5. The van der Waals surface area contributed by atoms with Crippen molar-refractivity contribution in [3.05, 3.63) is 107 Å². The Bertz CT molecular complexity index is 1350. The monoisotopic (exact) mass is 502 g/mol. The van der Waals surface area contributed by atoms with E-state index in [1.165, 1.54) is 5.56 Å². The topological polar surface area (TPSA) is 42.3 Å². The van der Waals surface area contributed by atoms with Crippen molar-refractivity contribution in [1.29, 1.82) is 0 Å². The fourth-order valence-electron chi connectivity index (χ4n) is 4.91. The Morgan fingerprint density at radius 2 is 1.77 bits per heavy atom. The number of hydrogen-bond donors (Lipinski definition) is 1. The summed E-state index contributed by atoms with van der Waals surface area (Å²) in [5.41, 5.74) is 6.29. The van der Waals surface area contributed by atoms with Gasteiger partial charge in [-0.15, -0.1) is 0 Å². The molecule has 1 fully saturated rings. The predicted molar refractivity (Wildman–Crippen MR) is 146 cm³/mol. The summed E-state index contributed by atoms with van der Waals surface area (Å²) >= 11 is 12.5. The molecule has 5 nitrogen and oxygen atoms in total. The molecule has 178 valence electrons. The number of halogens is 1. The zero-order valence-corrected chi connectivity index (χ0v) is 21.5. The average molecular weight is 503 g/mol. The smallest absolute Gasteiger partial charge is 0.174 e. The van der Waals surface area contributed by atoms with Gasteiger partial charge in [0.2, 0.25) is 0 Å². The molecular formula is C28H27ClN4OS. The molecule has 0 amide bonds. The SMILES string of the molecule is CCOc1ccc(N2C(=S)N[C@@H](c3ccccn3)[C@@H]2c2cc(C)n(-c3ccccc3Cl)c2C)cc1. The number of aryl methyl sites for hydroxylation is 1. The van der Waals surface area contributed by atoms with E-state index < -0.39 is 0 Å². The molecule has 0 unspecified atom stereocenters. The Morgan fingerprint density at radius 3 is 2.46 bits per heavy atom. The standard InChI is InChI=1S/C28H27ClN4OS/c1-4-34-21-14-12-20(13-15-21)33-27(26(31-28(33)35)24-10-7-8-16-30-24)22-17-18(2)32(19(22)3)25-11-6-5-9-23(25)29/h5-17,26-27H,4H2,1-3H3,(H,31,35)/t26-,27-/m0/s1. The Kier molecular flexibility index (Phi) is 6.50. The number of benzene rings is 2. The molecule has 2 atom stereocenters.